The first-order chi connectivity index (χ1) is 9.72. The van der Waals surface area contributed by atoms with Crippen LogP contribution in [0.15, 0.2) is 49.1 Å². The molecule has 104 valence electrons. The Morgan fingerprint density at radius 2 is 2.30 bits per heavy atom. The van der Waals surface area contributed by atoms with E-state index in [4.69, 9.17) is 0 Å². The van der Waals surface area contributed by atoms with E-state index >= 15 is 0 Å². The van der Waals surface area contributed by atoms with Crippen LogP contribution in [-0.4, -0.2) is 17.4 Å². The number of hydrogen-bond donors (Lipinski definition) is 0. The zero-order chi connectivity index (χ0) is 14.1. The van der Waals surface area contributed by atoms with Crippen LogP contribution in [0.5, 0.6) is 0 Å². The topological polar surface area (TPSA) is 20.3 Å². The number of carbonyl (C=O) groups is 1. The highest BCUT2D eigenvalue weighted by atomic mass is 16.2. The predicted molar refractivity (Wildman–Crippen MR) is 81.2 cm³/mol. The molecule has 20 heavy (non-hydrogen) atoms. The predicted octanol–water partition coefficient (Wildman–Crippen LogP) is 3.65. The van der Waals surface area contributed by atoms with E-state index in [1.54, 1.807) is 0 Å². The number of carbonyl (C=O) groups excluding carboxylic acids is 1. The van der Waals surface area contributed by atoms with Crippen molar-refractivity contribution in [1.82, 2.24) is 4.90 Å². The van der Waals surface area contributed by atoms with E-state index in [2.05, 4.69) is 49.9 Å². The Morgan fingerprint density at radius 3 is 3.05 bits per heavy atom. The van der Waals surface area contributed by atoms with Crippen LogP contribution in [0, 0.1) is 18.8 Å². The van der Waals surface area contributed by atoms with E-state index in [1.165, 1.54) is 11.1 Å². The van der Waals surface area contributed by atoms with Crippen molar-refractivity contribution in [2.75, 3.05) is 6.54 Å². The Labute approximate surface area is 120 Å². The first kappa shape index (κ1) is 13.2. The van der Waals surface area contributed by atoms with Gasteiger partial charge in [-0.1, -0.05) is 48.1 Å². The molecule has 2 heteroatoms. The largest absolute Gasteiger partial charge is 0.331 e. The lowest BCUT2D eigenvalue weighted by Gasteiger charge is -2.27. The van der Waals surface area contributed by atoms with E-state index in [0.717, 1.165) is 12.8 Å². The molecule has 1 amide bonds. The summed E-state index contributed by atoms with van der Waals surface area (Å²) in [5, 5.41) is 0. The Bertz CT molecular complexity index is 560. The van der Waals surface area contributed by atoms with Gasteiger partial charge in [0.25, 0.3) is 0 Å². The van der Waals surface area contributed by atoms with E-state index in [0.29, 0.717) is 18.4 Å². The number of benzene rings is 1. The number of fused-ring (bicyclic) bond motifs is 1. The van der Waals surface area contributed by atoms with Crippen LogP contribution < -0.4 is 0 Å². The molecule has 1 heterocycles. The molecule has 1 aromatic rings. The Balaban J connectivity index is 2.03. The maximum Gasteiger partial charge on any atom is 0.227 e. The van der Waals surface area contributed by atoms with Gasteiger partial charge in [-0.05, 0) is 25.3 Å². The van der Waals surface area contributed by atoms with Crippen molar-refractivity contribution in [2.24, 2.45) is 11.8 Å². The molecule has 0 saturated carbocycles. The summed E-state index contributed by atoms with van der Waals surface area (Å²) >= 11 is 0. The summed E-state index contributed by atoms with van der Waals surface area (Å²) in [5.41, 5.74) is 2.50. The second kappa shape index (κ2) is 5.28. The molecule has 0 N–H and O–H groups in total. The van der Waals surface area contributed by atoms with Gasteiger partial charge in [-0.2, -0.15) is 0 Å². The molecule has 0 unspecified atom stereocenters. The van der Waals surface area contributed by atoms with Crippen LogP contribution in [0.1, 0.15) is 30.0 Å². The monoisotopic (exact) mass is 267 g/mol. The van der Waals surface area contributed by atoms with E-state index in [1.807, 2.05) is 11.0 Å². The van der Waals surface area contributed by atoms with Crippen molar-refractivity contribution in [3.05, 3.63) is 60.2 Å². The fourth-order valence-corrected chi connectivity index (χ4v) is 3.63. The summed E-state index contributed by atoms with van der Waals surface area (Å²) in [7, 11) is 0. The van der Waals surface area contributed by atoms with Crippen LogP contribution in [0.3, 0.4) is 0 Å². The molecule has 1 saturated heterocycles. The number of nitrogens with zero attached hydrogens (tertiary/aromatic N) is 1. The molecule has 3 rings (SSSR count). The van der Waals surface area contributed by atoms with Crippen molar-refractivity contribution >= 4 is 5.91 Å². The molecule has 2 nitrogen and oxygen atoms in total. The first-order valence-corrected chi connectivity index (χ1v) is 7.37. The molecule has 1 aliphatic heterocycles. The second-order valence-corrected chi connectivity index (χ2v) is 5.83. The number of hydrogen-bond acceptors (Lipinski definition) is 1. The van der Waals surface area contributed by atoms with Gasteiger partial charge < -0.3 is 4.90 Å². The lowest BCUT2D eigenvalue weighted by Crippen LogP contribution is -2.29. The number of amides is 1. The number of aryl methyl sites for hydroxylation is 1. The SMILES string of the molecule is C=CCN1C(=O)[C@H]2CCC=C[C@@H]2[C@@H]1c1cccc(C)c1. The average molecular weight is 267 g/mol. The van der Waals surface area contributed by atoms with E-state index in [9.17, 15) is 4.79 Å². The van der Waals surface area contributed by atoms with Crippen LogP contribution >= 0.6 is 0 Å². The fraction of sp³-hybridized carbons (Fsp3) is 0.389. The molecule has 1 fully saturated rings. The van der Waals surface area contributed by atoms with Crippen LogP contribution in [-0.2, 0) is 4.79 Å². The Hall–Kier alpha value is -1.83. The van der Waals surface area contributed by atoms with Crippen molar-refractivity contribution in [3.8, 4) is 0 Å². The van der Waals surface area contributed by atoms with Gasteiger partial charge in [-0.15, -0.1) is 6.58 Å². The summed E-state index contributed by atoms with van der Waals surface area (Å²) < 4.78 is 0. The summed E-state index contributed by atoms with van der Waals surface area (Å²) in [5.74, 6) is 0.772. The van der Waals surface area contributed by atoms with Gasteiger partial charge in [0.2, 0.25) is 5.91 Å². The van der Waals surface area contributed by atoms with Gasteiger partial charge in [0.05, 0.1) is 6.04 Å². The van der Waals surface area contributed by atoms with Gasteiger partial charge in [-0.3, -0.25) is 4.79 Å². The molecule has 2 aliphatic rings. The number of likely N-dealkylation sites (tertiary alicyclic amines) is 1. The lowest BCUT2D eigenvalue weighted by molar-refractivity contribution is -0.131. The molecule has 0 aromatic heterocycles. The van der Waals surface area contributed by atoms with Crippen LogP contribution in [0.2, 0.25) is 0 Å². The van der Waals surface area contributed by atoms with Crippen molar-refractivity contribution in [3.63, 3.8) is 0 Å². The van der Waals surface area contributed by atoms with Crippen molar-refractivity contribution in [2.45, 2.75) is 25.8 Å². The molecule has 1 aromatic carbocycles. The highest BCUT2D eigenvalue weighted by Crippen LogP contribution is 2.46. The van der Waals surface area contributed by atoms with E-state index in [-0.39, 0.29) is 12.0 Å². The third kappa shape index (κ3) is 2.09. The van der Waals surface area contributed by atoms with Gasteiger partial charge in [0.1, 0.15) is 0 Å². The molecule has 0 spiro atoms. The summed E-state index contributed by atoms with van der Waals surface area (Å²) in [6, 6.07) is 8.71. The van der Waals surface area contributed by atoms with Crippen LogP contribution in [0.25, 0.3) is 0 Å². The smallest absolute Gasteiger partial charge is 0.227 e. The highest BCUT2D eigenvalue weighted by molar-refractivity contribution is 5.83. The zero-order valence-electron chi connectivity index (χ0n) is 12.0. The molecule has 1 aliphatic carbocycles. The van der Waals surface area contributed by atoms with Gasteiger partial charge >= 0.3 is 0 Å². The minimum atomic E-state index is 0.158. The van der Waals surface area contributed by atoms with Gasteiger partial charge in [0, 0.05) is 18.4 Å². The van der Waals surface area contributed by atoms with Crippen molar-refractivity contribution < 1.29 is 4.79 Å². The van der Waals surface area contributed by atoms with Gasteiger partial charge in [0.15, 0.2) is 0 Å². The zero-order valence-corrected chi connectivity index (χ0v) is 12.0. The standard InChI is InChI=1S/C18H21NO/c1-3-11-19-17(14-8-6-7-13(2)12-14)15-9-4-5-10-16(15)18(19)20/h3-4,6-9,12,15-17H,1,5,10-11H2,2H3/t15-,16-,17-/m0/s1. The molecular formula is C18H21NO. The van der Waals surface area contributed by atoms with E-state index < -0.39 is 0 Å². The quantitative estimate of drug-likeness (QED) is 0.766. The fourth-order valence-electron chi connectivity index (χ4n) is 3.63. The minimum Gasteiger partial charge on any atom is -0.331 e. The minimum absolute atomic E-state index is 0.158. The molecule has 3 atom stereocenters. The lowest BCUT2D eigenvalue weighted by atomic mass is 9.80. The first-order valence-electron chi connectivity index (χ1n) is 7.37. The van der Waals surface area contributed by atoms with Crippen molar-refractivity contribution in [1.29, 1.82) is 0 Å². The molecule has 0 bridgehead atoms. The third-order valence-corrected chi connectivity index (χ3v) is 4.48. The normalized spacial score (nSPS) is 28.6. The molecular weight excluding hydrogens is 246 g/mol. The number of allylic oxidation sites excluding steroid dienone is 1. The summed E-state index contributed by atoms with van der Waals surface area (Å²) in [4.78, 5) is 14.6. The number of rotatable bonds is 3. The maximum absolute atomic E-state index is 12.6. The average Bonchev–Trinajstić information content (AvgIpc) is 2.73. The van der Waals surface area contributed by atoms with Gasteiger partial charge in [-0.25, -0.2) is 0 Å². The highest BCUT2D eigenvalue weighted by Gasteiger charge is 2.47. The Kier molecular flexibility index (Phi) is 3.47. The Morgan fingerprint density at radius 1 is 1.45 bits per heavy atom. The summed E-state index contributed by atoms with van der Waals surface area (Å²) in [6.07, 6.45) is 8.32. The third-order valence-electron chi connectivity index (χ3n) is 4.48. The second-order valence-electron chi connectivity index (χ2n) is 5.83. The maximum atomic E-state index is 12.6. The van der Waals surface area contributed by atoms with Crippen LogP contribution in [0.4, 0.5) is 0 Å². The molecule has 0 radical (unpaired) electrons. The summed E-state index contributed by atoms with van der Waals surface area (Å²) in [6.45, 7) is 6.55.